The van der Waals surface area contributed by atoms with Crippen LogP contribution < -0.4 is 10.6 Å². The second kappa shape index (κ2) is 10.6. The minimum atomic E-state index is 0.558. The summed E-state index contributed by atoms with van der Waals surface area (Å²) < 4.78 is 5.61. The number of nitrogens with one attached hydrogen (secondary N) is 2. The SMILES string of the molecule is CCCCC(CC)CNCC1COCC1NCCC. The average molecular weight is 270 g/mol. The Morgan fingerprint density at radius 1 is 1.16 bits per heavy atom. The lowest BCUT2D eigenvalue weighted by molar-refractivity contribution is 0.182. The van der Waals surface area contributed by atoms with Crippen molar-refractivity contribution in [2.45, 2.75) is 58.9 Å². The first-order valence-electron chi connectivity index (χ1n) is 8.33. The highest BCUT2D eigenvalue weighted by Crippen LogP contribution is 2.14. The number of ether oxygens (including phenoxy) is 1. The monoisotopic (exact) mass is 270 g/mol. The first-order chi connectivity index (χ1) is 9.31. The van der Waals surface area contributed by atoms with E-state index in [1.165, 1.54) is 38.6 Å². The van der Waals surface area contributed by atoms with Crippen LogP contribution in [-0.2, 0) is 4.74 Å². The molecule has 1 rings (SSSR count). The van der Waals surface area contributed by atoms with Crippen LogP contribution in [0.2, 0.25) is 0 Å². The predicted molar refractivity (Wildman–Crippen MR) is 82.6 cm³/mol. The number of rotatable bonds is 11. The summed E-state index contributed by atoms with van der Waals surface area (Å²) >= 11 is 0. The quantitative estimate of drug-likeness (QED) is 0.606. The van der Waals surface area contributed by atoms with Gasteiger partial charge in [0, 0.05) is 18.5 Å². The van der Waals surface area contributed by atoms with Gasteiger partial charge in [-0.3, -0.25) is 0 Å². The maximum absolute atomic E-state index is 5.61. The van der Waals surface area contributed by atoms with E-state index in [1.807, 2.05) is 0 Å². The molecule has 114 valence electrons. The highest BCUT2D eigenvalue weighted by atomic mass is 16.5. The second-order valence-corrected chi connectivity index (χ2v) is 5.93. The molecule has 0 spiro atoms. The Labute approximate surface area is 119 Å². The third kappa shape index (κ3) is 6.73. The summed E-state index contributed by atoms with van der Waals surface area (Å²) in [7, 11) is 0. The van der Waals surface area contributed by atoms with E-state index in [0.29, 0.717) is 12.0 Å². The van der Waals surface area contributed by atoms with E-state index in [-0.39, 0.29) is 0 Å². The van der Waals surface area contributed by atoms with Gasteiger partial charge in [0.05, 0.1) is 13.2 Å². The molecule has 1 aliphatic rings. The fraction of sp³-hybridized carbons (Fsp3) is 1.00. The van der Waals surface area contributed by atoms with Crippen molar-refractivity contribution in [2.24, 2.45) is 11.8 Å². The molecule has 3 nitrogen and oxygen atoms in total. The molecular formula is C16H34N2O. The Bertz CT molecular complexity index is 211. The summed E-state index contributed by atoms with van der Waals surface area (Å²) in [6.45, 7) is 12.0. The topological polar surface area (TPSA) is 33.3 Å². The third-order valence-corrected chi connectivity index (χ3v) is 4.24. The Kier molecular flexibility index (Phi) is 9.48. The fourth-order valence-electron chi connectivity index (χ4n) is 2.77. The van der Waals surface area contributed by atoms with E-state index < -0.39 is 0 Å². The van der Waals surface area contributed by atoms with Gasteiger partial charge in [-0.15, -0.1) is 0 Å². The van der Waals surface area contributed by atoms with Crippen LogP contribution in [0.1, 0.15) is 52.9 Å². The standard InChI is InChI=1S/C16H34N2O/c1-4-7-8-14(6-3)10-17-11-15-12-19-13-16(15)18-9-5-2/h14-18H,4-13H2,1-3H3. The molecule has 1 aliphatic heterocycles. The van der Waals surface area contributed by atoms with Crippen molar-refractivity contribution < 1.29 is 4.74 Å². The van der Waals surface area contributed by atoms with E-state index in [1.54, 1.807) is 0 Å². The zero-order chi connectivity index (χ0) is 13.9. The smallest absolute Gasteiger partial charge is 0.0623 e. The summed E-state index contributed by atoms with van der Waals surface area (Å²) in [5.74, 6) is 1.50. The van der Waals surface area contributed by atoms with Crippen LogP contribution in [-0.4, -0.2) is 38.9 Å². The largest absolute Gasteiger partial charge is 0.379 e. The maximum atomic E-state index is 5.61. The van der Waals surface area contributed by atoms with Gasteiger partial charge in [0.2, 0.25) is 0 Å². The van der Waals surface area contributed by atoms with Crippen LogP contribution in [0.3, 0.4) is 0 Å². The molecule has 0 radical (unpaired) electrons. The van der Waals surface area contributed by atoms with Crippen LogP contribution in [0.15, 0.2) is 0 Å². The average Bonchev–Trinajstić information content (AvgIpc) is 2.87. The van der Waals surface area contributed by atoms with Gasteiger partial charge in [-0.05, 0) is 31.8 Å². The normalized spacial score (nSPS) is 24.8. The van der Waals surface area contributed by atoms with Crippen molar-refractivity contribution in [3.8, 4) is 0 Å². The molecular weight excluding hydrogens is 236 g/mol. The minimum Gasteiger partial charge on any atom is -0.379 e. The van der Waals surface area contributed by atoms with Crippen molar-refractivity contribution in [1.29, 1.82) is 0 Å². The second-order valence-electron chi connectivity index (χ2n) is 5.93. The van der Waals surface area contributed by atoms with Crippen LogP contribution in [0.4, 0.5) is 0 Å². The fourth-order valence-corrected chi connectivity index (χ4v) is 2.77. The van der Waals surface area contributed by atoms with E-state index in [2.05, 4.69) is 31.4 Å². The molecule has 2 N–H and O–H groups in total. The van der Waals surface area contributed by atoms with Gasteiger partial charge in [0.15, 0.2) is 0 Å². The molecule has 0 aromatic rings. The van der Waals surface area contributed by atoms with Crippen molar-refractivity contribution in [3.63, 3.8) is 0 Å². The predicted octanol–water partition coefficient (Wildman–Crippen LogP) is 2.81. The number of hydrogen-bond acceptors (Lipinski definition) is 3. The molecule has 1 heterocycles. The lowest BCUT2D eigenvalue weighted by Gasteiger charge is -2.21. The molecule has 19 heavy (non-hydrogen) atoms. The van der Waals surface area contributed by atoms with Gasteiger partial charge in [0.1, 0.15) is 0 Å². The lowest BCUT2D eigenvalue weighted by atomic mass is 9.98. The van der Waals surface area contributed by atoms with Gasteiger partial charge < -0.3 is 15.4 Å². The first-order valence-corrected chi connectivity index (χ1v) is 8.33. The Hall–Kier alpha value is -0.120. The van der Waals surface area contributed by atoms with Crippen LogP contribution in [0, 0.1) is 11.8 Å². The zero-order valence-electron chi connectivity index (χ0n) is 13.2. The molecule has 1 saturated heterocycles. The van der Waals surface area contributed by atoms with Crippen molar-refractivity contribution in [1.82, 2.24) is 10.6 Å². The summed E-state index contributed by atoms with van der Waals surface area (Å²) in [6.07, 6.45) is 6.55. The van der Waals surface area contributed by atoms with Gasteiger partial charge in [-0.25, -0.2) is 0 Å². The highest BCUT2D eigenvalue weighted by Gasteiger charge is 2.27. The van der Waals surface area contributed by atoms with E-state index in [4.69, 9.17) is 4.74 Å². The molecule has 0 amide bonds. The van der Waals surface area contributed by atoms with Gasteiger partial charge in [-0.2, -0.15) is 0 Å². The van der Waals surface area contributed by atoms with E-state index in [0.717, 1.165) is 32.2 Å². The van der Waals surface area contributed by atoms with E-state index in [9.17, 15) is 0 Å². The summed E-state index contributed by atoms with van der Waals surface area (Å²) in [4.78, 5) is 0. The molecule has 0 bridgehead atoms. The molecule has 0 aromatic carbocycles. The molecule has 0 aromatic heterocycles. The van der Waals surface area contributed by atoms with E-state index >= 15 is 0 Å². The zero-order valence-corrected chi connectivity index (χ0v) is 13.2. The summed E-state index contributed by atoms with van der Waals surface area (Å²) in [6, 6.07) is 0.558. The van der Waals surface area contributed by atoms with Gasteiger partial charge in [-0.1, -0.05) is 40.0 Å². The minimum absolute atomic E-state index is 0.558. The molecule has 1 fully saturated rings. The van der Waals surface area contributed by atoms with Gasteiger partial charge >= 0.3 is 0 Å². The molecule has 3 heteroatoms. The molecule has 3 atom stereocenters. The van der Waals surface area contributed by atoms with Crippen molar-refractivity contribution in [2.75, 3.05) is 32.8 Å². The third-order valence-electron chi connectivity index (χ3n) is 4.24. The van der Waals surface area contributed by atoms with Crippen molar-refractivity contribution in [3.05, 3.63) is 0 Å². The Morgan fingerprint density at radius 2 is 2.00 bits per heavy atom. The number of unbranched alkanes of at least 4 members (excludes halogenated alkanes) is 1. The van der Waals surface area contributed by atoms with Crippen LogP contribution in [0.25, 0.3) is 0 Å². The Balaban J connectivity index is 2.15. The molecule has 0 aliphatic carbocycles. The lowest BCUT2D eigenvalue weighted by Crippen LogP contribution is -2.41. The maximum Gasteiger partial charge on any atom is 0.0623 e. The molecule has 3 unspecified atom stereocenters. The molecule has 0 saturated carbocycles. The first kappa shape index (κ1) is 16.9. The van der Waals surface area contributed by atoms with Crippen LogP contribution in [0.5, 0.6) is 0 Å². The van der Waals surface area contributed by atoms with Gasteiger partial charge in [0.25, 0.3) is 0 Å². The number of hydrogen-bond donors (Lipinski definition) is 2. The highest BCUT2D eigenvalue weighted by molar-refractivity contribution is 4.82. The Morgan fingerprint density at radius 3 is 2.68 bits per heavy atom. The summed E-state index contributed by atoms with van der Waals surface area (Å²) in [5, 5.41) is 7.28. The summed E-state index contributed by atoms with van der Waals surface area (Å²) in [5.41, 5.74) is 0. The van der Waals surface area contributed by atoms with Crippen LogP contribution >= 0.6 is 0 Å². The van der Waals surface area contributed by atoms with Crippen molar-refractivity contribution >= 4 is 0 Å².